The van der Waals surface area contributed by atoms with Gasteiger partial charge in [0.15, 0.2) is 0 Å². The molecule has 1 heterocycles. The Balaban J connectivity index is 2.47. The predicted molar refractivity (Wildman–Crippen MR) is 61.3 cm³/mol. The van der Waals surface area contributed by atoms with E-state index in [1.807, 2.05) is 25.2 Å². The minimum Gasteiger partial charge on any atom is -0.497 e. The van der Waals surface area contributed by atoms with Crippen LogP contribution in [0.5, 0.6) is 5.75 Å². The summed E-state index contributed by atoms with van der Waals surface area (Å²) in [4.78, 5) is 13.2. The van der Waals surface area contributed by atoms with Crippen LogP contribution in [0.25, 0.3) is 0 Å². The normalized spacial score (nSPS) is 19.1. The van der Waals surface area contributed by atoms with Gasteiger partial charge in [0.2, 0.25) is 0 Å². The van der Waals surface area contributed by atoms with E-state index in [-0.39, 0.29) is 0 Å². The molecule has 2 rings (SSSR count). The standard InChI is InChI=1S/C12H15NO3/c1-13-6-5-10(12(14)15)9-4-3-8(16-2)7-11(9)13/h3-4,7,10H,5-6H2,1-2H3,(H,14,15). The number of carboxylic acid groups (broad SMARTS) is 1. The van der Waals surface area contributed by atoms with E-state index in [4.69, 9.17) is 9.84 Å². The van der Waals surface area contributed by atoms with Crippen molar-refractivity contribution in [1.82, 2.24) is 0 Å². The molecule has 0 spiro atoms. The lowest BCUT2D eigenvalue weighted by Crippen LogP contribution is -2.30. The summed E-state index contributed by atoms with van der Waals surface area (Å²) in [7, 11) is 3.58. The fourth-order valence-electron chi connectivity index (χ4n) is 2.13. The second-order valence-electron chi connectivity index (χ2n) is 4.03. The summed E-state index contributed by atoms with van der Waals surface area (Å²) in [5, 5.41) is 9.15. The minimum absolute atomic E-state index is 0.392. The van der Waals surface area contributed by atoms with Crippen LogP contribution < -0.4 is 9.64 Å². The Kier molecular flexibility index (Phi) is 2.73. The van der Waals surface area contributed by atoms with Crippen LogP contribution in [0.2, 0.25) is 0 Å². The third-order valence-electron chi connectivity index (χ3n) is 3.08. The largest absolute Gasteiger partial charge is 0.497 e. The zero-order chi connectivity index (χ0) is 11.7. The molecule has 0 fully saturated rings. The van der Waals surface area contributed by atoms with Gasteiger partial charge >= 0.3 is 5.97 Å². The van der Waals surface area contributed by atoms with E-state index in [0.29, 0.717) is 6.42 Å². The molecule has 1 aromatic carbocycles. The number of fused-ring (bicyclic) bond motifs is 1. The highest BCUT2D eigenvalue weighted by atomic mass is 16.5. The average molecular weight is 221 g/mol. The van der Waals surface area contributed by atoms with E-state index in [9.17, 15) is 4.79 Å². The van der Waals surface area contributed by atoms with Crippen molar-refractivity contribution in [3.05, 3.63) is 23.8 Å². The van der Waals surface area contributed by atoms with E-state index in [1.54, 1.807) is 7.11 Å². The molecule has 0 amide bonds. The maximum absolute atomic E-state index is 11.1. The summed E-state index contributed by atoms with van der Waals surface area (Å²) in [5.41, 5.74) is 1.83. The summed E-state index contributed by atoms with van der Waals surface area (Å²) in [6.07, 6.45) is 0.658. The fourth-order valence-corrected chi connectivity index (χ4v) is 2.13. The van der Waals surface area contributed by atoms with Crippen molar-refractivity contribution in [3.63, 3.8) is 0 Å². The molecule has 0 saturated carbocycles. The molecule has 0 radical (unpaired) electrons. The number of carbonyl (C=O) groups is 1. The topological polar surface area (TPSA) is 49.8 Å². The Hall–Kier alpha value is -1.71. The molecule has 0 aliphatic carbocycles. The van der Waals surface area contributed by atoms with Crippen LogP contribution in [0.3, 0.4) is 0 Å². The van der Waals surface area contributed by atoms with Crippen molar-refractivity contribution in [2.75, 3.05) is 25.6 Å². The molecule has 1 atom stereocenters. The zero-order valence-corrected chi connectivity index (χ0v) is 9.43. The predicted octanol–water partition coefficient (Wildman–Crippen LogP) is 1.70. The lowest BCUT2D eigenvalue weighted by atomic mass is 9.90. The van der Waals surface area contributed by atoms with Gasteiger partial charge in [-0.05, 0) is 18.1 Å². The number of hydrogen-bond acceptors (Lipinski definition) is 3. The van der Waals surface area contributed by atoms with Crippen LogP contribution in [-0.2, 0) is 4.79 Å². The molecule has 4 heteroatoms. The molecule has 1 aromatic rings. The quantitative estimate of drug-likeness (QED) is 0.825. The van der Waals surface area contributed by atoms with Crippen molar-refractivity contribution in [2.45, 2.75) is 12.3 Å². The minimum atomic E-state index is -0.750. The van der Waals surface area contributed by atoms with Crippen LogP contribution in [-0.4, -0.2) is 31.8 Å². The molecular formula is C12H15NO3. The van der Waals surface area contributed by atoms with Crippen LogP contribution in [0, 0.1) is 0 Å². The molecule has 1 aliphatic heterocycles. The van der Waals surface area contributed by atoms with Crippen LogP contribution in [0.4, 0.5) is 5.69 Å². The number of nitrogens with zero attached hydrogens (tertiary/aromatic N) is 1. The van der Waals surface area contributed by atoms with Crippen molar-refractivity contribution < 1.29 is 14.6 Å². The summed E-state index contributed by atoms with van der Waals surface area (Å²) < 4.78 is 5.15. The molecule has 1 aliphatic rings. The van der Waals surface area contributed by atoms with Gasteiger partial charge in [0, 0.05) is 25.3 Å². The van der Waals surface area contributed by atoms with Crippen molar-refractivity contribution in [3.8, 4) is 5.75 Å². The number of ether oxygens (including phenoxy) is 1. The Morgan fingerprint density at radius 2 is 2.31 bits per heavy atom. The highest BCUT2D eigenvalue weighted by Crippen LogP contribution is 2.36. The van der Waals surface area contributed by atoms with E-state index in [2.05, 4.69) is 4.90 Å². The number of hydrogen-bond donors (Lipinski definition) is 1. The first-order valence-corrected chi connectivity index (χ1v) is 5.25. The maximum atomic E-state index is 11.1. The van der Waals surface area contributed by atoms with Gasteiger partial charge in [0.05, 0.1) is 13.0 Å². The van der Waals surface area contributed by atoms with Gasteiger partial charge in [0.1, 0.15) is 5.75 Å². The molecule has 4 nitrogen and oxygen atoms in total. The Morgan fingerprint density at radius 3 is 2.94 bits per heavy atom. The summed E-state index contributed by atoms with van der Waals surface area (Å²) in [6.45, 7) is 0.761. The second-order valence-corrected chi connectivity index (χ2v) is 4.03. The number of benzene rings is 1. The Bertz CT molecular complexity index is 417. The van der Waals surface area contributed by atoms with Gasteiger partial charge < -0.3 is 14.7 Å². The van der Waals surface area contributed by atoms with Crippen LogP contribution in [0.1, 0.15) is 17.9 Å². The molecule has 86 valence electrons. The third-order valence-corrected chi connectivity index (χ3v) is 3.08. The smallest absolute Gasteiger partial charge is 0.311 e. The van der Waals surface area contributed by atoms with E-state index in [1.165, 1.54) is 0 Å². The van der Waals surface area contributed by atoms with Crippen molar-refractivity contribution in [1.29, 1.82) is 0 Å². The van der Waals surface area contributed by atoms with E-state index in [0.717, 1.165) is 23.5 Å². The van der Waals surface area contributed by atoms with Gasteiger partial charge in [0.25, 0.3) is 0 Å². The maximum Gasteiger partial charge on any atom is 0.311 e. The summed E-state index contributed by atoms with van der Waals surface area (Å²) in [6, 6.07) is 5.56. The highest BCUT2D eigenvalue weighted by Gasteiger charge is 2.28. The summed E-state index contributed by atoms with van der Waals surface area (Å²) in [5.74, 6) is -0.381. The number of anilines is 1. The van der Waals surface area contributed by atoms with E-state index < -0.39 is 11.9 Å². The molecular weight excluding hydrogens is 206 g/mol. The molecule has 0 aromatic heterocycles. The molecule has 1 N–H and O–H groups in total. The number of rotatable bonds is 2. The van der Waals surface area contributed by atoms with Crippen molar-refractivity contribution in [2.24, 2.45) is 0 Å². The Morgan fingerprint density at radius 1 is 1.56 bits per heavy atom. The third kappa shape index (κ3) is 1.71. The second kappa shape index (κ2) is 4.04. The van der Waals surface area contributed by atoms with Gasteiger partial charge in [-0.1, -0.05) is 6.07 Å². The van der Waals surface area contributed by atoms with Gasteiger partial charge in [-0.15, -0.1) is 0 Å². The first kappa shape index (κ1) is 10.8. The highest BCUT2D eigenvalue weighted by molar-refractivity contribution is 5.80. The zero-order valence-electron chi connectivity index (χ0n) is 9.43. The Labute approximate surface area is 94.4 Å². The molecule has 0 saturated heterocycles. The van der Waals surface area contributed by atoms with E-state index >= 15 is 0 Å². The lowest BCUT2D eigenvalue weighted by molar-refractivity contribution is -0.139. The molecule has 16 heavy (non-hydrogen) atoms. The van der Waals surface area contributed by atoms with Gasteiger partial charge in [-0.25, -0.2) is 0 Å². The number of carboxylic acids is 1. The first-order chi connectivity index (χ1) is 7.63. The SMILES string of the molecule is COc1ccc2c(c1)N(C)CCC2C(=O)O. The van der Waals surface area contributed by atoms with Crippen LogP contribution in [0.15, 0.2) is 18.2 Å². The lowest BCUT2D eigenvalue weighted by Gasteiger charge is -2.31. The molecule has 1 unspecified atom stereocenters. The number of aliphatic carboxylic acids is 1. The number of methoxy groups -OCH3 is 1. The average Bonchev–Trinajstić information content (AvgIpc) is 2.29. The van der Waals surface area contributed by atoms with Crippen molar-refractivity contribution >= 4 is 11.7 Å². The summed E-state index contributed by atoms with van der Waals surface area (Å²) >= 11 is 0. The van der Waals surface area contributed by atoms with Crippen LogP contribution >= 0.6 is 0 Å². The van der Waals surface area contributed by atoms with Gasteiger partial charge in [-0.3, -0.25) is 4.79 Å². The monoisotopic (exact) mass is 221 g/mol. The first-order valence-electron chi connectivity index (χ1n) is 5.25. The van der Waals surface area contributed by atoms with Gasteiger partial charge in [-0.2, -0.15) is 0 Å². The molecule has 0 bridgehead atoms. The fraction of sp³-hybridized carbons (Fsp3) is 0.417.